The van der Waals surface area contributed by atoms with E-state index >= 15 is 0 Å². The Labute approximate surface area is 218 Å². The van der Waals surface area contributed by atoms with Gasteiger partial charge in [0.1, 0.15) is 0 Å². The topological polar surface area (TPSA) is 66.8 Å². The molecule has 0 heterocycles. The van der Waals surface area contributed by atoms with Gasteiger partial charge in [-0.1, -0.05) is 50.7 Å². The molecule has 0 radical (unpaired) electrons. The van der Waals surface area contributed by atoms with E-state index in [-0.39, 0.29) is 5.97 Å². The average molecular weight is 498 g/mol. The first-order chi connectivity index (χ1) is 17.5. The van der Waals surface area contributed by atoms with Gasteiger partial charge in [-0.3, -0.25) is 9.69 Å². The van der Waals surface area contributed by atoms with E-state index in [1.54, 1.807) is 12.1 Å². The molecular formula is C31H47NO4. The molecule has 0 aliphatic heterocycles. The van der Waals surface area contributed by atoms with Crippen LogP contribution in [-0.2, 0) is 9.53 Å². The van der Waals surface area contributed by atoms with Gasteiger partial charge >= 0.3 is 11.9 Å². The first kappa shape index (κ1) is 27.2. The molecule has 3 atom stereocenters. The molecule has 5 nitrogen and oxygen atoms in total. The SMILES string of the molecule is CCOC(=O)CC1CC[C@@H](N(CC2CCCCC2)CC2CCCCC2)[C@H](c2ccc(C(=O)O)cc2)C1. The Kier molecular flexibility index (Phi) is 10.3. The van der Waals surface area contributed by atoms with Crippen LogP contribution in [0.3, 0.4) is 0 Å². The molecule has 3 aliphatic rings. The van der Waals surface area contributed by atoms with Gasteiger partial charge in [-0.05, 0) is 93.2 Å². The average Bonchev–Trinajstić information content (AvgIpc) is 2.90. The molecular weight excluding hydrogens is 450 g/mol. The lowest BCUT2D eigenvalue weighted by atomic mass is 9.72. The molecule has 0 bridgehead atoms. The van der Waals surface area contributed by atoms with Crippen LogP contribution in [0.25, 0.3) is 0 Å². The smallest absolute Gasteiger partial charge is 0.335 e. The Balaban J connectivity index is 1.56. The van der Waals surface area contributed by atoms with Gasteiger partial charge in [0, 0.05) is 25.6 Å². The number of carboxylic acid groups (broad SMARTS) is 1. The Morgan fingerprint density at radius 2 is 1.42 bits per heavy atom. The summed E-state index contributed by atoms with van der Waals surface area (Å²) in [6.07, 6.45) is 17.3. The van der Waals surface area contributed by atoms with Crippen LogP contribution in [0.5, 0.6) is 0 Å². The lowest BCUT2D eigenvalue weighted by Gasteiger charge is -2.46. The van der Waals surface area contributed by atoms with Gasteiger partial charge in [-0.25, -0.2) is 4.79 Å². The van der Waals surface area contributed by atoms with Crippen LogP contribution in [0.1, 0.15) is 119 Å². The van der Waals surface area contributed by atoms with Crippen molar-refractivity contribution in [2.45, 2.75) is 109 Å². The molecule has 4 rings (SSSR count). The van der Waals surface area contributed by atoms with E-state index in [1.165, 1.54) is 82.9 Å². The minimum Gasteiger partial charge on any atom is -0.478 e. The van der Waals surface area contributed by atoms with Gasteiger partial charge in [0.2, 0.25) is 0 Å². The first-order valence-corrected chi connectivity index (χ1v) is 14.8. The fraction of sp³-hybridized carbons (Fsp3) is 0.742. The van der Waals surface area contributed by atoms with Crippen molar-refractivity contribution in [2.75, 3.05) is 19.7 Å². The highest BCUT2D eigenvalue weighted by atomic mass is 16.5. The largest absolute Gasteiger partial charge is 0.478 e. The van der Waals surface area contributed by atoms with E-state index in [2.05, 4.69) is 4.90 Å². The van der Waals surface area contributed by atoms with Gasteiger partial charge in [-0.2, -0.15) is 0 Å². The molecule has 1 N–H and O–H groups in total. The van der Waals surface area contributed by atoms with Gasteiger partial charge < -0.3 is 9.84 Å². The summed E-state index contributed by atoms with van der Waals surface area (Å²) in [6, 6.07) is 8.05. The molecule has 3 fully saturated rings. The van der Waals surface area contributed by atoms with Crippen molar-refractivity contribution >= 4 is 11.9 Å². The van der Waals surface area contributed by atoms with Gasteiger partial charge in [0.15, 0.2) is 0 Å². The summed E-state index contributed by atoms with van der Waals surface area (Å²) in [7, 11) is 0. The maximum atomic E-state index is 12.3. The molecule has 36 heavy (non-hydrogen) atoms. The van der Waals surface area contributed by atoms with E-state index in [4.69, 9.17) is 4.74 Å². The fourth-order valence-electron chi connectivity index (χ4n) is 7.30. The summed E-state index contributed by atoms with van der Waals surface area (Å²) in [5.74, 6) is 1.30. The number of carbonyl (C=O) groups is 2. The standard InChI is InChI=1S/C31H47NO4/c1-2-36-30(33)20-25-13-18-29(28(19-25)26-14-16-27(17-15-26)31(34)35)32(21-23-9-5-3-6-10-23)22-24-11-7-4-8-12-24/h14-17,23-25,28-29H,2-13,18-22H2,1H3,(H,34,35)/t25?,28-,29+/m0/s1. The van der Waals surface area contributed by atoms with Crippen LogP contribution in [0.15, 0.2) is 24.3 Å². The third kappa shape index (κ3) is 7.57. The minimum atomic E-state index is -0.877. The van der Waals surface area contributed by atoms with E-state index in [9.17, 15) is 14.7 Å². The zero-order valence-electron chi connectivity index (χ0n) is 22.3. The van der Waals surface area contributed by atoms with Crippen LogP contribution < -0.4 is 0 Å². The van der Waals surface area contributed by atoms with E-state index < -0.39 is 5.97 Å². The second kappa shape index (κ2) is 13.6. The molecule has 0 spiro atoms. The van der Waals surface area contributed by atoms with Crippen molar-refractivity contribution in [2.24, 2.45) is 17.8 Å². The van der Waals surface area contributed by atoms with E-state index in [0.29, 0.717) is 36.5 Å². The maximum Gasteiger partial charge on any atom is 0.335 e. The molecule has 1 aromatic carbocycles. The Bertz CT molecular complexity index is 805. The molecule has 200 valence electrons. The van der Waals surface area contributed by atoms with Crippen molar-refractivity contribution in [1.82, 2.24) is 4.90 Å². The minimum absolute atomic E-state index is 0.0813. The molecule has 5 heteroatoms. The molecule has 0 saturated heterocycles. The number of rotatable bonds is 10. The second-order valence-electron chi connectivity index (χ2n) is 11.8. The maximum absolute atomic E-state index is 12.3. The molecule has 0 aromatic heterocycles. The Morgan fingerprint density at radius 3 is 1.94 bits per heavy atom. The predicted octanol–water partition coefficient (Wildman–Crippen LogP) is 7.05. The highest BCUT2D eigenvalue weighted by Crippen LogP contribution is 2.42. The number of benzene rings is 1. The molecule has 1 unspecified atom stereocenters. The lowest BCUT2D eigenvalue weighted by Crippen LogP contribution is -2.47. The number of esters is 1. The molecule has 3 aliphatic carbocycles. The monoisotopic (exact) mass is 497 g/mol. The molecule has 0 amide bonds. The highest BCUT2D eigenvalue weighted by molar-refractivity contribution is 5.87. The second-order valence-corrected chi connectivity index (χ2v) is 11.8. The van der Waals surface area contributed by atoms with Crippen LogP contribution in [-0.4, -0.2) is 47.7 Å². The first-order valence-electron chi connectivity index (χ1n) is 14.8. The van der Waals surface area contributed by atoms with Crippen molar-refractivity contribution < 1.29 is 19.4 Å². The van der Waals surface area contributed by atoms with E-state index in [0.717, 1.165) is 31.1 Å². The molecule has 1 aromatic rings. The van der Waals surface area contributed by atoms with Gasteiger partial charge in [0.05, 0.1) is 12.2 Å². The van der Waals surface area contributed by atoms with Gasteiger partial charge in [0.25, 0.3) is 0 Å². The zero-order chi connectivity index (χ0) is 25.3. The van der Waals surface area contributed by atoms with Crippen molar-refractivity contribution in [3.8, 4) is 0 Å². The van der Waals surface area contributed by atoms with Gasteiger partial charge in [-0.15, -0.1) is 0 Å². The normalized spacial score (nSPS) is 26.1. The number of hydrogen-bond donors (Lipinski definition) is 1. The van der Waals surface area contributed by atoms with Crippen molar-refractivity contribution in [3.63, 3.8) is 0 Å². The third-order valence-corrected chi connectivity index (χ3v) is 9.17. The summed E-state index contributed by atoms with van der Waals surface area (Å²) in [5.41, 5.74) is 1.58. The Morgan fingerprint density at radius 1 is 0.833 bits per heavy atom. The van der Waals surface area contributed by atoms with Crippen LogP contribution in [0.4, 0.5) is 0 Å². The summed E-state index contributed by atoms with van der Waals surface area (Å²) in [4.78, 5) is 26.7. The fourth-order valence-corrected chi connectivity index (χ4v) is 7.30. The predicted molar refractivity (Wildman–Crippen MR) is 143 cm³/mol. The van der Waals surface area contributed by atoms with Crippen LogP contribution >= 0.6 is 0 Å². The quantitative estimate of drug-likeness (QED) is 0.351. The number of carbonyl (C=O) groups excluding carboxylic acids is 1. The zero-order valence-corrected chi connectivity index (χ0v) is 22.3. The number of hydrogen-bond acceptors (Lipinski definition) is 4. The Hall–Kier alpha value is -1.88. The van der Waals surface area contributed by atoms with Crippen molar-refractivity contribution in [1.29, 1.82) is 0 Å². The summed E-state index contributed by atoms with van der Waals surface area (Å²) in [5, 5.41) is 9.42. The number of ether oxygens (including phenoxy) is 1. The number of aromatic carboxylic acids is 1. The lowest BCUT2D eigenvalue weighted by molar-refractivity contribution is -0.144. The van der Waals surface area contributed by atoms with E-state index in [1.807, 2.05) is 19.1 Å². The number of nitrogens with zero attached hydrogens (tertiary/aromatic N) is 1. The number of carboxylic acids is 1. The van der Waals surface area contributed by atoms with Crippen LogP contribution in [0, 0.1) is 17.8 Å². The van der Waals surface area contributed by atoms with Crippen LogP contribution in [0.2, 0.25) is 0 Å². The summed E-state index contributed by atoms with van der Waals surface area (Å²) < 4.78 is 5.29. The van der Waals surface area contributed by atoms with Crippen molar-refractivity contribution in [3.05, 3.63) is 35.4 Å². The summed E-state index contributed by atoms with van der Waals surface area (Å²) in [6.45, 7) is 4.71. The molecule has 3 saturated carbocycles. The summed E-state index contributed by atoms with van der Waals surface area (Å²) >= 11 is 0. The third-order valence-electron chi connectivity index (χ3n) is 9.17. The highest BCUT2D eigenvalue weighted by Gasteiger charge is 2.37.